The SMILES string of the molecule is Cc1ccc(S(=O)(=O)Nc2ccccc2C(N)=O)c(C)c1. The van der Waals surface area contributed by atoms with Crippen LogP contribution in [0, 0.1) is 13.8 Å². The summed E-state index contributed by atoms with van der Waals surface area (Å²) in [4.78, 5) is 11.5. The highest BCUT2D eigenvalue weighted by Crippen LogP contribution is 2.22. The molecule has 2 aromatic rings. The number of carbonyl (C=O) groups excluding carboxylic acids is 1. The molecule has 0 fully saturated rings. The molecule has 0 spiro atoms. The van der Waals surface area contributed by atoms with Gasteiger partial charge in [0.1, 0.15) is 0 Å². The first-order valence-corrected chi connectivity index (χ1v) is 7.78. The van der Waals surface area contributed by atoms with Gasteiger partial charge in [-0.2, -0.15) is 0 Å². The van der Waals surface area contributed by atoms with Crippen molar-refractivity contribution in [1.29, 1.82) is 0 Å². The summed E-state index contributed by atoms with van der Waals surface area (Å²) in [5.41, 5.74) is 7.16. The number of rotatable bonds is 4. The number of sulfonamides is 1. The second kappa shape index (κ2) is 5.57. The molecule has 0 unspecified atom stereocenters. The van der Waals surface area contributed by atoms with Crippen molar-refractivity contribution in [2.45, 2.75) is 18.7 Å². The van der Waals surface area contributed by atoms with Crippen LogP contribution in [0.25, 0.3) is 0 Å². The van der Waals surface area contributed by atoms with Crippen LogP contribution in [0.1, 0.15) is 21.5 Å². The van der Waals surface area contributed by atoms with E-state index in [0.29, 0.717) is 5.56 Å². The fourth-order valence-electron chi connectivity index (χ4n) is 2.09. The number of amides is 1. The van der Waals surface area contributed by atoms with Crippen molar-refractivity contribution < 1.29 is 13.2 Å². The van der Waals surface area contributed by atoms with E-state index >= 15 is 0 Å². The van der Waals surface area contributed by atoms with Crippen LogP contribution in [0.5, 0.6) is 0 Å². The number of nitrogens with one attached hydrogen (secondary N) is 1. The molecule has 2 aromatic carbocycles. The summed E-state index contributed by atoms with van der Waals surface area (Å²) in [5, 5.41) is 0. The number of hydrogen-bond acceptors (Lipinski definition) is 3. The lowest BCUT2D eigenvalue weighted by Crippen LogP contribution is -2.19. The summed E-state index contributed by atoms with van der Waals surface area (Å²) in [6.45, 7) is 3.61. The molecule has 5 nitrogen and oxygen atoms in total. The highest BCUT2D eigenvalue weighted by atomic mass is 32.2. The van der Waals surface area contributed by atoms with Gasteiger partial charge in [-0.15, -0.1) is 0 Å². The van der Waals surface area contributed by atoms with E-state index in [2.05, 4.69) is 4.72 Å². The maximum Gasteiger partial charge on any atom is 0.262 e. The van der Waals surface area contributed by atoms with Crippen molar-refractivity contribution in [3.63, 3.8) is 0 Å². The van der Waals surface area contributed by atoms with Crippen molar-refractivity contribution >= 4 is 21.6 Å². The molecule has 2 rings (SSSR count). The van der Waals surface area contributed by atoms with Crippen LogP contribution >= 0.6 is 0 Å². The van der Waals surface area contributed by atoms with Gasteiger partial charge in [0.05, 0.1) is 16.1 Å². The van der Waals surface area contributed by atoms with Crippen molar-refractivity contribution in [2.75, 3.05) is 4.72 Å². The van der Waals surface area contributed by atoms with E-state index in [-0.39, 0.29) is 16.1 Å². The van der Waals surface area contributed by atoms with Gasteiger partial charge < -0.3 is 5.73 Å². The molecular weight excluding hydrogens is 288 g/mol. The first-order valence-electron chi connectivity index (χ1n) is 6.30. The summed E-state index contributed by atoms with van der Waals surface area (Å²) in [6.07, 6.45) is 0. The Morgan fingerprint density at radius 2 is 1.76 bits per heavy atom. The van der Waals surface area contributed by atoms with Gasteiger partial charge in [0, 0.05) is 0 Å². The number of hydrogen-bond donors (Lipinski definition) is 2. The van der Waals surface area contributed by atoms with E-state index in [1.165, 1.54) is 12.1 Å². The summed E-state index contributed by atoms with van der Waals surface area (Å²) < 4.78 is 27.3. The highest BCUT2D eigenvalue weighted by molar-refractivity contribution is 7.92. The minimum absolute atomic E-state index is 0.130. The predicted octanol–water partition coefficient (Wildman–Crippen LogP) is 2.20. The molecule has 0 saturated heterocycles. The molecule has 3 N–H and O–H groups in total. The Kier molecular flexibility index (Phi) is 3.99. The number of anilines is 1. The van der Waals surface area contributed by atoms with Gasteiger partial charge in [-0.05, 0) is 37.6 Å². The van der Waals surface area contributed by atoms with Crippen molar-refractivity contribution in [1.82, 2.24) is 0 Å². The lowest BCUT2D eigenvalue weighted by Gasteiger charge is -2.12. The van der Waals surface area contributed by atoms with Gasteiger partial charge in [0.25, 0.3) is 15.9 Å². The lowest BCUT2D eigenvalue weighted by molar-refractivity contribution is 0.100. The normalized spacial score (nSPS) is 11.1. The summed E-state index contributed by atoms with van der Waals surface area (Å²) in [7, 11) is -3.77. The first-order chi connectivity index (χ1) is 9.81. The summed E-state index contributed by atoms with van der Waals surface area (Å²) in [6, 6.07) is 11.3. The molecule has 0 aliphatic carbocycles. The van der Waals surface area contributed by atoms with Crippen LogP contribution in [0.15, 0.2) is 47.4 Å². The van der Waals surface area contributed by atoms with E-state index in [4.69, 9.17) is 5.73 Å². The van der Waals surface area contributed by atoms with Crippen LogP contribution in [-0.4, -0.2) is 14.3 Å². The fourth-order valence-corrected chi connectivity index (χ4v) is 3.40. The lowest BCUT2D eigenvalue weighted by atomic mass is 10.2. The third-order valence-electron chi connectivity index (χ3n) is 3.06. The van der Waals surface area contributed by atoms with E-state index < -0.39 is 15.9 Å². The smallest absolute Gasteiger partial charge is 0.262 e. The largest absolute Gasteiger partial charge is 0.366 e. The molecule has 0 aliphatic rings. The van der Waals surface area contributed by atoms with E-state index in [1.807, 2.05) is 6.92 Å². The molecular formula is C15H16N2O3S. The Labute approximate surface area is 123 Å². The minimum atomic E-state index is -3.77. The number of nitrogens with two attached hydrogens (primary N) is 1. The Balaban J connectivity index is 2.45. The quantitative estimate of drug-likeness (QED) is 0.907. The van der Waals surface area contributed by atoms with Crippen LogP contribution in [0.3, 0.4) is 0 Å². The summed E-state index contributed by atoms with van der Waals surface area (Å²) in [5.74, 6) is -0.686. The van der Waals surface area contributed by atoms with Gasteiger partial charge in [0.15, 0.2) is 0 Å². The number of para-hydroxylation sites is 1. The Bertz CT molecular complexity index is 798. The molecule has 21 heavy (non-hydrogen) atoms. The maximum atomic E-state index is 12.4. The standard InChI is InChI=1S/C15H16N2O3S/c1-10-7-8-14(11(2)9-10)21(19,20)17-13-6-4-3-5-12(13)15(16)18/h3-9,17H,1-2H3,(H2,16,18). The van der Waals surface area contributed by atoms with Crippen LogP contribution < -0.4 is 10.5 Å². The molecule has 1 amide bonds. The van der Waals surface area contributed by atoms with Crippen molar-refractivity contribution in [2.24, 2.45) is 5.73 Å². The Morgan fingerprint density at radius 3 is 2.38 bits per heavy atom. The van der Waals surface area contributed by atoms with Crippen LogP contribution in [0.2, 0.25) is 0 Å². The highest BCUT2D eigenvalue weighted by Gasteiger charge is 2.19. The maximum absolute atomic E-state index is 12.4. The average Bonchev–Trinajstić information content (AvgIpc) is 2.37. The van der Waals surface area contributed by atoms with Gasteiger partial charge in [0.2, 0.25) is 0 Å². The third kappa shape index (κ3) is 3.22. The van der Waals surface area contributed by atoms with Crippen LogP contribution in [0.4, 0.5) is 5.69 Å². The molecule has 0 aromatic heterocycles. The van der Waals surface area contributed by atoms with Gasteiger partial charge in [-0.25, -0.2) is 8.42 Å². The van der Waals surface area contributed by atoms with Crippen LogP contribution in [-0.2, 0) is 10.0 Å². The molecule has 110 valence electrons. The second-order valence-corrected chi connectivity index (χ2v) is 6.44. The molecule has 6 heteroatoms. The third-order valence-corrected chi connectivity index (χ3v) is 4.58. The zero-order chi connectivity index (χ0) is 15.6. The average molecular weight is 304 g/mol. The molecule has 0 heterocycles. The molecule has 0 saturated carbocycles. The zero-order valence-corrected chi connectivity index (χ0v) is 12.6. The zero-order valence-electron chi connectivity index (χ0n) is 11.8. The monoisotopic (exact) mass is 304 g/mol. The van der Waals surface area contributed by atoms with Gasteiger partial charge in [-0.3, -0.25) is 9.52 Å². The predicted molar refractivity (Wildman–Crippen MR) is 81.7 cm³/mol. The van der Waals surface area contributed by atoms with Crippen molar-refractivity contribution in [3.05, 3.63) is 59.2 Å². The summed E-state index contributed by atoms with van der Waals surface area (Å²) >= 11 is 0. The molecule has 0 aliphatic heterocycles. The van der Waals surface area contributed by atoms with Gasteiger partial charge in [-0.1, -0.05) is 29.8 Å². The van der Waals surface area contributed by atoms with E-state index in [1.54, 1.807) is 37.3 Å². The Hall–Kier alpha value is -2.34. The topological polar surface area (TPSA) is 89.3 Å². The molecule has 0 radical (unpaired) electrons. The first kappa shape index (κ1) is 15.1. The fraction of sp³-hybridized carbons (Fsp3) is 0.133. The molecule has 0 atom stereocenters. The number of benzene rings is 2. The van der Waals surface area contributed by atoms with E-state index in [9.17, 15) is 13.2 Å². The minimum Gasteiger partial charge on any atom is -0.366 e. The van der Waals surface area contributed by atoms with Gasteiger partial charge >= 0.3 is 0 Å². The second-order valence-electron chi connectivity index (χ2n) is 4.78. The Morgan fingerprint density at radius 1 is 1.10 bits per heavy atom. The molecule has 0 bridgehead atoms. The van der Waals surface area contributed by atoms with Crippen molar-refractivity contribution in [3.8, 4) is 0 Å². The number of aryl methyl sites for hydroxylation is 2. The number of carbonyl (C=O) groups is 1. The number of primary amides is 1. The van der Waals surface area contributed by atoms with E-state index in [0.717, 1.165) is 5.56 Å².